The van der Waals surface area contributed by atoms with Gasteiger partial charge in [-0.25, -0.2) is 0 Å². The molecule has 1 aromatic rings. The fraction of sp³-hybridized carbons (Fsp3) is 0. The van der Waals surface area contributed by atoms with Gasteiger partial charge in [0.15, 0.2) is 0 Å². The van der Waals surface area contributed by atoms with Gasteiger partial charge in [0.2, 0.25) is 0 Å². The van der Waals surface area contributed by atoms with Crippen LogP contribution in [-0.4, -0.2) is 9.97 Å². The molecule has 39 valence electrons. The number of rotatable bonds is 0. The number of nitrogens with zero attached hydrogens (tertiary/aromatic N) is 2. The fourth-order valence-corrected chi connectivity index (χ4v) is 0.357. The molecular weight excluding hydrogens is 200 g/mol. The van der Waals surface area contributed by atoms with Crippen LogP contribution in [0, 0.1) is 6.20 Å². The maximum Gasteiger partial charge on any atom is 0 e. The summed E-state index contributed by atoms with van der Waals surface area (Å²) in [6, 6.07) is 0. The Morgan fingerprint density at radius 3 is 2.62 bits per heavy atom. The van der Waals surface area contributed by atoms with E-state index in [4.69, 9.17) is 11.6 Å². The van der Waals surface area contributed by atoms with Crippen LogP contribution in [0.2, 0.25) is 5.15 Å². The molecule has 2 nitrogen and oxygen atoms in total. The maximum atomic E-state index is 5.33. The zero-order valence-corrected chi connectivity index (χ0v) is 7.60. The van der Waals surface area contributed by atoms with Crippen LogP contribution in [0.5, 0.6) is 0 Å². The SMILES string of the molecule is Clc1cnc[c-]n1.[Y]. The van der Waals surface area contributed by atoms with E-state index in [1.165, 1.54) is 12.4 Å². The molecular formula is C4H2ClN2Y-. The molecule has 8 heavy (non-hydrogen) atoms. The van der Waals surface area contributed by atoms with Crippen molar-refractivity contribution in [2.24, 2.45) is 0 Å². The monoisotopic (exact) mass is 202 g/mol. The Balaban J connectivity index is 0.000000490. The largest absolute Gasteiger partial charge is 0.439 e. The van der Waals surface area contributed by atoms with Gasteiger partial charge in [-0.15, -0.1) is 6.20 Å². The van der Waals surface area contributed by atoms with Crippen molar-refractivity contribution in [2.75, 3.05) is 0 Å². The van der Waals surface area contributed by atoms with Gasteiger partial charge in [-0.2, -0.15) is 11.6 Å². The summed E-state index contributed by atoms with van der Waals surface area (Å²) in [7, 11) is 0. The van der Waals surface area contributed by atoms with Crippen LogP contribution in [0.15, 0.2) is 12.4 Å². The van der Waals surface area contributed by atoms with E-state index in [-0.39, 0.29) is 32.7 Å². The van der Waals surface area contributed by atoms with Crippen molar-refractivity contribution in [1.82, 2.24) is 9.97 Å². The molecule has 0 atom stereocenters. The molecule has 1 rings (SSSR count). The molecule has 4 heteroatoms. The third kappa shape index (κ3) is 2.70. The molecule has 0 aliphatic rings. The first-order valence-corrected chi connectivity index (χ1v) is 2.11. The summed E-state index contributed by atoms with van der Waals surface area (Å²) in [5.74, 6) is 0. The van der Waals surface area contributed by atoms with Crippen LogP contribution >= 0.6 is 11.6 Å². The van der Waals surface area contributed by atoms with Gasteiger partial charge < -0.3 is 4.98 Å². The first-order chi connectivity index (χ1) is 3.39. The quantitative estimate of drug-likeness (QED) is 0.585. The smallest absolute Gasteiger partial charge is 0 e. The molecule has 1 heterocycles. The van der Waals surface area contributed by atoms with E-state index in [9.17, 15) is 0 Å². The van der Waals surface area contributed by atoms with Gasteiger partial charge in [-0.05, 0) is 17.5 Å². The van der Waals surface area contributed by atoms with Crippen LogP contribution in [0.1, 0.15) is 0 Å². The summed E-state index contributed by atoms with van der Waals surface area (Å²) in [6.45, 7) is 0. The minimum absolute atomic E-state index is 0. The van der Waals surface area contributed by atoms with Crippen LogP contribution in [0.4, 0.5) is 0 Å². The summed E-state index contributed by atoms with van der Waals surface area (Å²) in [6.07, 6.45) is 5.37. The molecule has 0 amide bonds. The standard InChI is InChI=1S/C4H2ClN2.Y/c5-4-3-6-1-2-7-4;/h1,3H;/q-1;. The van der Waals surface area contributed by atoms with Crippen molar-refractivity contribution in [3.63, 3.8) is 0 Å². The Morgan fingerprint density at radius 1 is 1.62 bits per heavy atom. The molecule has 0 N–H and O–H groups in total. The Labute approximate surface area is 77.6 Å². The summed E-state index contributed by atoms with van der Waals surface area (Å²) in [5.41, 5.74) is 0. The molecule has 0 fully saturated rings. The van der Waals surface area contributed by atoms with Crippen LogP contribution in [0.25, 0.3) is 0 Å². The molecule has 0 saturated carbocycles. The molecule has 1 radical (unpaired) electrons. The molecule has 0 aromatic carbocycles. The van der Waals surface area contributed by atoms with Gasteiger partial charge in [-0.3, -0.25) is 4.98 Å². The molecule has 0 bridgehead atoms. The summed E-state index contributed by atoms with van der Waals surface area (Å²) < 4.78 is 0. The van der Waals surface area contributed by atoms with Gasteiger partial charge >= 0.3 is 0 Å². The molecule has 1 aromatic heterocycles. The number of halogens is 1. The Hall–Kier alpha value is 0.474. The van der Waals surface area contributed by atoms with E-state index in [1.807, 2.05) is 0 Å². The van der Waals surface area contributed by atoms with E-state index in [0.717, 1.165) is 0 Å². The van der Waals surface area contributed by atoms with Gasteiger partial charge in [0.05, 0.1) is 0 Å². The predicted octanol–water partition coefficient (Wildman–Crippen LogP) is 0.928. The number of hydrogen-bond donors (Lipinski definition) is 0. The molecule has 0 saturated heterocycles. The maximum absolute atomic E-state index is 5.33. The Bertz CT molecular complexity index is 144. The summed E-state index contributed by atoms with van der Waals surface area (Å²) in [5, 5.41) is 0.377. The van der Waals surface area contributed by atoms with Gasteiger partial charge in [0.1, 0.15) is 0 Å². The third-order valence-electron chi connectivity index (χ3n) is 0.485. The second-order valence-corrected chi connectivity index (χ2v) is 1.36. The molecule has 0 spiro atoms. The van der Waals surface area contributed by atoms with Crippen molar-refractivity contribution in [3.05, 3.63) is 23.7 Å². The summed E-state index contributed by atoms with van der Waals surface area (Å²) >= 11 is 5.33. The first-order valence-electron chi connectivity index (χ1n) is 1.73. The average molecular weight is 202 g/mol. The number of hydrogen-bond acceptors (Lipinski definition) is 2. The second kappa shape index (κ2) is 4.36. The molecule has 0 aliphatic heterocycles. The normalized spacial score (nSPS) is 7.62. The Kier molecular flexibility index (Phi) is 4.62. The Morgan fingerprint density at radius 2 is 2.38 bits per heavy atom. The van der Waals surface area contributed by atoms with E-state index in [2.05, 4.69) is 16.2 Å². The average Bonchev–Trinajstić information content (AvgIpc) is 1.69. The van der Waals surface area contributed by atoms with E-state index >= 15 is 0 Å². The topological polar surface area (TPSA) is 25.8 Å². The van der Waals surface area contributed by atoms with Crippen molar-refractivity contribution in [2.45, 2.75) is 0 Å². The minimum atomic E-state index is 0. The number of aromatic nitrogens is 2. The van der Waals surface area contributed by atoms with Crippen LogP contribution in [-0.2, 0) is 32.7 Å². The van der Waals surface area contributed by atoms with Gasteiger partial charge in [0.25, 0.3) is 0 Å². The van der Waals surface area contributed by atoms with Crippen LogP contribution < -0.4 is 0 Å². The van der Waals surface area contributed by atoms with E-state index < -0.39 is 0 Å². The zero-order chi connectivity index (χ0) is 5.11. The minimum Gasteiger partial charge on any atom is -0.439 e. The molecule has 0 unspecified atom stereocenters. The predicted molar refractivity (Wildman–Crippen MR) is 25.9 cm³/mol. The van der Waals surface area contributed by atoms with Crippen molar-refractivity contribution in [3.8, 4) is 0 Å². The fourth-order valence-electron chi connectivity index (χ4n) is 0.252. The molecule has 0 aliphatic carbocycles. The van der Waals surface area contributed by atoms with Crippen molar-refractivity contribution < 1.29 is 32.7 Å². The van der Waals surface area contributed by atoms with Crippen LogP contribution in [0.3, 0.4) is 0 Å². The van der Waals surface area contributed by atoms with E-state index in [1.54, 1.807) is 0 Å². The third-order valence-corrected chi connectivity index (χ3v) is 0.667. The summed E-state index contributed by atoms with van der Waals surface area (Å²) in [4.78, 5) is 7.19. The first kappa shape index (κ1) is 8.47. The van der Waals surface area contributed by atoms with Crippen molar-refractivity contribution >= 4 is 11.6 Å². The van der Waals surface area contributed by atoms with Gasteiger partial charge in [-0.1, -0.05) is 0 Å². The van der Waals surface area contributed by atoms with E-state index in [0.29, 0.717) is 5.15 Å². The van der Waals surface area contributed by atoms with Crippen molar-refractivity contribution in [1.29, 1.82) is 0 Å². The zero-order valence-electron chi connectivity index (χ0n) is 4.00. The van der Waals surface area contributed by atoms with Gasteiger partial charge in [0, 0.05) is 32.7 Å². The second-order valence-electron chi connectivity index (χ2n) is 0.971.